The Balaban J connectivity index is 1.88. The van der Waals surface area contributed by atoms with Crippen LogP contribution >= 0.6 is 46.7 Å². The number of benzene rings is 1. The zero-order valence-electron chi connectivity index (χ0n) is 15.7. The molecule has 2 N–H and O–H groups in total. The minimum absolute atomic E-state index is 0.103. The SMILES string of the molecule is O=c1c(C(c2cccc(Cl)c2Cl)c2c(O)nc3n(c2=O)CCS3)c(O)nc2n1CCS2. The lowest BCUT2D eigenvalue weighted by Gasteiger charge is -2.21. The van der Waals surface area contributed by atoms with Crippen molar-refractivity contribution < 1.29 is 10.2 Å². The Hall–Kier alpha value is -2.14. The fourth-order valence-electron chi connectivity index (χ4n) is 3.85. The smallest absolute Gasteiger partial charge is 0.262 e. The maximum Gasteiger partial charge on any atom is 0.262 e. The van der Waals surface area contributed by atoms with Crippen LogP contribution < -0.4 is 11.1 Å². The number of aromatic nitrogens is 4. The van der Waals surface area contributed by atoms with E-state index in [2.05, 4.69) is 9.97 Å². The summed E-state index contributed by atoms with van der Waals surface area (Å²) in [7, 11) is 0. The fraction of sp³-hybridized carbons (Fsp3) is 0.263. The molecule has 0 unspecified atom stereocenters. The van der Waals surface area contributed by atoms with Gasteiger partial charge in [-0.2, -0.15) is 9.97 Å². The molecule has 0 aliphatic carbocycles. The van der Waals surface area contributed by atoms with Gasteiger partial charge in [0.05, 0.1) is 27.1 Å². The van der Waals surface area contributed by atoms with Crippen molar-refractivity contribution >= 4 is 46.7 Å². The molecule has 31 heavy (non-hydrogen) atoms. The molecule has 8 nitrogen and oxygen atoms in total. The zero-order chi connectivity index (χ0) is 21.9. The number of fused-ring (bicyclic) bond motifs is 2. The van der Waals surface area contributed by atoms with E-state index in [4.69, 9.17) is 23.2 Å². The van der Waals surface area contributed by atoms with Gasteiger partial charge in [0.15, 0.2) is 10.3 Å². The van der Waals surface area contributed by atoms with Crippen LogP contribution in [0.1, 0.15) is 22.6 Å². The van der Waals surface area contributed by atoms with Crippen LogP contribution in [0, 0.1) is 0 Å². The van der Waals surface area contributed by atoms with E-state index < -0.39 is 28.8 Å². The number of thioether (sulfide) groups is 2. The van der Waals surface area contributed by atoms with E-state index in [1.165, 1.54) is 32.7 Å². The zero-order valence-corrected chi connectivity index (χ0v) is 18.9. The van der Waals surface area contributed by atoms with Gasteiger partial charge in [-0.15, -0.1) is 0 Å². The largest absolute Gasteiger partial charge is 0.493 e. The standard InChI is InChI=1S/C19H14Cl2N4O4S2/c20-9-3-1-2-8(13(9)21)10(11-14(26)22-18-24(16(11)28)4-6-30-18)12-15(27)23-19-25(17(12)29)5-7-31-19/h1-3,10,26-27H,4-7H2. The molecule has 0 radical (unpaired) electrons. The van der Waals surface area contributed by atoms with Crippen LogP contribution in [-0.2, 0) is 13.1 Å². The third kappa shape index (κ3) is 3.24. The maximum absolute atomic E-state index is 13.4. The summed E-state index contributed by atoms with van der Waals surface area (Å²) in [6.07, 6.45) is 0. The first kappa shape index (κ1) is 20.7. The summed E-state index contributed by atoms with van der Waals surface area (Å²) >= 11 is 15.4. The summed E-state index contributed by atoms with van der Waals surface area (Å²) in [4.78, 5) is 35.1. The first-order valence-electron chi connectivity index (χ1n) is 9.25. The van der Waals surface area contributed by atoms with Crippen molar-refractivity contribution in [2.24, 2.45) is 0 Å². The molecule has 0 fully saturated rings. The minimum atomic E-state index is -1.21. The number of hydrogen-bond donors (Lipinski definition) is 2. The van der Waals surface area contributed by atoms with Gasteiger partial charge in [0.1, 0.15) is 0 Å². The van der Waals surface area contributed by atoms with Crippen LogP contribution in [0.5, 0.6) is 11.8 Å². The molecule has 160 valence electrons. The highest BCUT2D eigenvalue weighted by Crippen LogP contribution is 2.42. The van der Waals surface area contributed by atoms with Gasteiger partial charge >= 0.3 is 0 Å². The van der Waals surface area contributed by atoms with Gasteiger partial charge < -0.3 is 10.2 Å². The summed E-state index contributed by atoms with van der Waals surface area (Å²) < 4.78 is 2.88. The molecular formula is C19H14Cl2N4O4S2. The molecular weight excluding hydrogens is 483 g/mol. The van der Waals surface area contributed by atoms with Gasteiger partial charge in [-0.3, -0.25) is 18.7 Å². The predicted octanol–water partition coefficient (Wildman–Crippen LogP) is 2.91. The van der Waals surface area contributed by atoms with E-state index in [9.17, 15) is 19.8 Å². The molecule has 2 aliphatic heterocycles. The first-order chi connectivity index (χ1) is 14.9. The van der Waals surface area contributed by atoms with Crippen molar-refractivity contribution in [1.29, 1.82) is 0 Å². The van der Waals surface area contributed by atoms with Crippen molar-refractivity contribution in [1.82, 2.24) is 19.1 Å². The molecule has 3 aromatic rings. The van der Waals surface area contributed by atoms with Gasteiger partial charge in [0.2, 0.25) is 11.8 Å². The summed E-state index contributed by atoms with van der Waals surface area (Å²) in [5.41, 5.74) is -1.04. The topological polar surface area (TPSA) is 110 Å². The normalized spacial score (nSPS) is 14.8. The van der Waals surface area contributed by atoms with E-state index in [0.29, 0.717) is 34.9 Å². The number of hydrogen-bond acceptors (Lipinski definition) is 8. The lowest BCUT2D eigenvalue weighted by molar-refractivity contribution is 0.414. The lowest BCUT2D eigenvalue weighted by atomic mass is 9.86. The second-order valence-electron chi connectivity index (χ2n) is 6.95. The Kier molecular flexibility index (Phi) is 5.20. The molecule has 12 heteroatoms. The number of nitrogens with zero attached hydrogens (tertiary/aromatic N) is 4. The van der Waals surface area contributed by atoms with Crippen molar-refractivity contribution in [2.45, 2.75) is 29.3 Å². The van der Waals surface area contributed by atoms with Gasteiger partial charge in [0, 0.05) is 24.6 Å². The molecule has 0 atom stereocenters. The van der Waals surface area contributed by atoms with Crippen molar-refractivity contribution in [2.75, 3.05) is 11.5 Å². The van der Waals surface area contributed by atoms with Gasteiger partial charge in [-0.1, -0.05) is 58.9 Å². The summed E-state index contributed by atoms with van der Waals surface area (Å²) in [6, 6.07) is 4.78. The maximum atomic E-state index is 13.4. The molecule has 2 aliphatic rings. The van der Waals surface area contributed by atoms with Gasteiger partial charge in [-0.05, 0) is 11.6 Å². The Labute approximate surface area is 193 Å². The monoisotopic (exact) mass is 496 g/mol. The highest BCUT2D eigenvalue weighted by Gasteiger charge is 2.35. The molecule has 2 aromatic heterocycles. The Morgan fingerprint density at radius 1 is 0.903 bits per heavy atom. The molecule has 1 aromatic carbocycles. The van der Waals surface area contributed by atoms with E-state index >= 15 is 0 Å². The van der Waals surface area contributed by atoms with E-state index in [-0.39, 0.29) is 26.7 Å². The van der Waals surface area contributed by atoms with Crippen molar-refractivity contribution in [3.8, 4) is 11.8 Å². The Morgan fingerprint density at radius 3 is 1.94 bits per heavy atom. The van der Waals surface area contributed by atoms with E-state index in [1.807, 2.05) is 0 Å². The molecule has 0 saturated heterocycles. The van der Waals surface area contributed by atoms with Crippen molar-refractivity contribution in [3.63, 3.8) is 0 Å². The summed E-state index contributed by atoms with van der Waals surface area (Å²) in [5, 5.41) is 22.6. The molecule has 0 spiro atoms. The average molecular weight is 497 g/mol. The second kappa shape index (κ2) is 7.77. The Bertz CT molecular complexity index is 1280. The van der Waals surface area contributed by atoms with Crippen LogP contribution in [0.15, 0.2) is 38.1 Å². The second-order valence-corrected chi connectivity index (χ2v) is 9.86. The number of aromatic hydroxyl groups is 2. The highest BCUT2D eigenvalue weighted by atomic mass is 35.5. The van der Waals surface area contributed by atoms with E-state index in [0.717, 1.165) is 0 Å². The summed E-state index contributed by atoms with van der Waals surface area (Å²) in [5.74, 6) is -0.980. The van der Waals surface area contributed by atoms with Crippen LogP contribution in [0.25, 0.3) is 0 Å². The predicted molar refractivity (Wildman–Crippen MR) is 119 cm³/mol. The number of halogens is 2. The third-order valence-electron chi connectivity index (χ3n) is 5.26. The minimum Gasteiger partial charge on any atom is -0.493 e. The van der Waals surface area contributed by atoms with Gasteiger partial charge in [0.25, 0.3) is 11.1 Å². The highest BCUT2D eigenvalue weighted by molar-refractivity contribution is 7.99. The summed E-state index contributed by atoms with van der Waals surface area (Å²) in [6.45, 7) is 0.832. The molecule has 0 amide bonds. The third-order valence-corrected chi connectivity index (χ3v) is 8.01. The lowest BCUT2D eigenvalue weighted by Crippen LogP contribution is -2.32. The number of rotatable bonds is 3. The molecule has 0 bridgehead atoms. The molecule has 5 rings (SSSR count). The molecule has 4 heterocycles. The van der Waals surface area contributed by atoms with Crippen LogP contribution in [0.3, 0.4) is 0 Å². The Morgan fingerprint density at radius 2 is 1.42 bits per heavy atom. The van der Waals surface area contributed by atoms with Crippen LogP contribution in [0.4, 0.5) is 0 Å². The molecule has 0 saturated carbocycles. The van der Waals surface area contributed by atoms with Crippen molar-refractivity contribution in [3.05, 3.63) is 65.6 Å². The average Bonchev–Trinajstić information content (AvgIpc) is 3.38. The fourth-order valence-corrected chi connectivity index (χ4v) is 6.15. The van der Waals surface area contributed by atoms with Gasteiger partial charge in [-0.25, -0.2) is 0 Å². The van der Waals surface area contributed by atoms with Crippen LogP contribution in [-0.4, -0.2) is 40.8 Å². The first-order valence-corrected chi connectivity index (χ1v) is 12.0. The van der Waals surface area contributed by atoms with Crippen LogP contribution in [0.2, 0.25) is 10.0 Å². The quantitative estimate of drug-likeness (QED) is 0.532. The van der Waals surface area contributed by atoms with E-state index in [1.54, 1.807) is 18.2 Å².